The highest BCUT2D eigenvalue weighted by molar-refractivity contribution is 7.13. The van der Waals surface area contributed by atoms with Crippen molar-refractivity contribution in [2.24, 2.45) is 5.92 Å². The van der Waals surface area contributed by atoms with E-state index in [1.807, 2.05) is 76.2 Å². The zero-order chi connectivity index (χ0) is 56.7. The molecule has 5 aliphatic rings. The number of aliphatic hydroxyl groups is 2. The molecule has 82 heavy (non-hydrogen) atoms. The van der Waals surface area contributed by atoms with Crippen LogP contribution >= 0.6 is 22.9 Å². The lowest BCUT2D eigenvalue weighted by Gasteiger charge is -2.35. The molecule has 4 aromatic carbocycles. The number of aromatic amines is 1. The SMILES string of the molecule is Cc1ncsc1-c1ccc([C@H](CO)NC(=O)[C@@H]2C[C@@H](O)CN2C(=O)[C@H](C(C)C)n2cc(-c3ccc(COc4c(-c5c(C)c(F)cc6[nH]ncc56)c(Cl)c5c6c(nc(O[C@@H]7CCO[C@H](C)C7)nc46)N4[C@@H]6CN[C@@H](C6)[C@H]4CO5)cc3)nn2)cc1. The van der Waals surface area contributed by atoms with Crippen LogP contribution in [0.25, 0.3) is 54.6 Å². The van der Waals surface area contributed by atoms with E-state index in [4.69, 9.17) is 40.5 Å². The maximum Gasteiger partial charge on any atom is 0.319 e. The first-order chi connectivity index (χ1) is 39.7. The van der Waals surface area contributed by atoms with Gasteiger partial charge in [-0.05, 0) is 61.4 Å². The number of ether oxygens (including phenoxy) is 4. The van der Waals surface area contributed by atoms with Crippen LogP contribution in [-0.4, -0.2) is 142 Å². The van der Waals surface area contributed by atoms with E-state index in [2.05, 4.69) is 41.0 Å². The average Bonchev–Trinajstić information content (AvgIpc) is 2.25. The maximum atomic E-state index is 16.1. The van der Waals surface area contributed by atoms with Crippen LogP contribution in [0.2, 0.25) is 5.02 Å². The van der Waals surface area contributed by atoms with Crippen LogP contribution in [0.3, 0.4) is 0 Å². The van der Waals surface area contributed by atoms with Gasteiger partial charge in [-0.3, -0.25) is 14.7 Å². The standard InChI is InChI=1S/C59H62ClFN12O8S/c1-28(2)52(58(77)71-22-37(75)18-45(71)57(76)65-44(24-74)34-10-12-35(13-11-34)55-31(5)63-27-82-55)72-23-43(69-70-72)33-8-6-32(7-9-33)25-79-54-48(47-30(4)40(61)19-41-39(47)21-64-68-41)50(60)53-49-51(54)66-59(81-38-14-15-78-29(3)16-38)67-56(49)73-36-17-42(62-20-36)46(73)26-80-53/h6-13,19,21,23,27-29,36-38,42,44-46,52,62,74-75H,14-18,20,22,24-26H2,1-5H3,(H,64,68)(H,65,76)/t29-,36+,37-,38-,42+,44+,45+,46-,52+/m1/s1. The topological polar surface area (TPSA) is 240 Å². The molecule has 8 aromatic rings. The molecule has 2 bridgehead atoms. The highest BCUT2D eigenvalue weighted by Crippen LogP contribution is 2.55. The number of aryl methyl sites for hydroxylation is 1. The second-order valence-corrected chi connectivity index (χ2v) is 23.7. The fraction of sp³-hybridized carbons (Fsp3) is 0.424. The molecule has 0 unspecified atom stereocenters. The van der Waals surface area contributed by atoms with Gasteiger partial charge in [-0.15, -0.1) is 16.4 Å². The lowest BCUT2D eigenvalue weighted by Crippen LogP contribution is -2.53. The number of fused-ring (bicyclic) bond motifs is 7. The smallest absolute Gasteiger partial charge is 0.319 e. The van der Waals surface area contributed by atoms with Crippen molar-refractivity contribution < 1.29 is 43.1 Å². The van der Waals surface area contributed by atoms with Crippen molar-refractivity contribution in [1.29, 1.82) is 0 Å². The number of amides is 2. The Hall–Kier alpha value is -7.34. The van der Waals surface area contributed by atoms with Crippen LogP contribution in [0.1, 0.15) is 80.9 Å². The Labute approximate surface area is 480 Å². The largest absolute Gasteiger partial charge is 0.489 e. The Kier molecular flexibility index (Phi) is 14.3. The van der Waals surface area contributed by atoms with Gasteiger partial charge in [0.1, 0.15) is 54.2 Å². The Bertz CT molecular complexity index is 3750. The quantitative estimate of drug-likeness (QED) is 0.0658. The van der Waals surface area contributed by atoms with Crippen LogP contribution in [-0.2, 0) is 20.9 Å². The number of β-amino-alcohol motifs (C(OH)–C–C–N with tert-alkyl or cyclic N) is 1. The molecule has 426 valence electrons. The minimum Gasteiger partial charge on any atom is -0.489 e. The number of anilines is 1. The first-order valence-corrected chi connectivity index (χ1v) is 29.1. The molecule has 4 saturated heterocycles. The van der Waals surface area contributed by atoms with E-state index in [-0.39, 0.29) is 73.5 Å². The van der Waals surface area contributed by atoms with E-state index in [9.17, 15) is 19.8 Å². The van der Waals surface area contributed by atoms with Crippen LogP contribution in [0, 0.1) is 25.6 Å². The van der Waals surface area contributed by atoms with Crippen molar-refractivity contribution in [3.8, 4) is 50.3 Å². The molecule has 0 radical (unpaired) electrons. The van der Waals surface area contributed by atoms with Crippen molar-refractivity contribution in [3.05, 3.63) is 106 Å². The summed E-state index contributed by atoms with van der Waals surface area (Å²) < 4.78 is 43.9. The summed E-state index contributed by atoms with van der Waals surface area (Å²) in [5, 5.41) is 45.5. The first kappa shape index (κ1) is 53.9. The van der Waals surface area contributed by atoms with E-state index >= 15 is 4.39 Å². The van der Waals surface area contributed by atoms with Gasteiger partial charge in [0, 0.05) is 66.5 Å². The minimum absolute atomic E-state index is 0.00341. The summed E-state index contributed by atoms with van der Waals surface area (Å²) in [7, 11) is 0. The number of nitrogens with one attached hydrogen (secondary N) is 3. The van der Waals surface area contributed by atoms with E-state index in [1.165, 1.54) is 27.0 Å². The number of hydrogen-bond donors (Lipinski definition) is 5. The number of aromatic nitrogens is 8. The number of benzene rings is 4. The van der Waals surface area contributed by atoms with Gasteiger partial charge in [0.15, 0.2) is 11.5 Å². The van der Waals surface area contributed by atoms with Gasteiger partial charge in [0.25, 0.3) is 0 Å². The number of rotatable bonds is 15. The number of thiazole rings is 1. The van der Waals surface area contributed by atoms with Crippen molar-refractivity contribution in [2.45, 2.75) is 121 Å². The molecule has 0 spiro atoms. The summed E-state index contributed by atoms with van der Waals surface area (Å²) in [5.74, 6) is -0.316. The number of hydrogen-bond acceptors (Lipinski definition) is 17. The third-order valence-electron chi connectivity index (χ3n) is 16.9. The molecule has 13 rings (SSSR count). The lowest BCUT2D eigenvalue weighted by molar-refractivity contribution is -0.142. The molecule has 5 N–H and O–H groups in total. The number of aliphatic hydroxyl groups excluding tert-OH is 2. The molecule has 20 nitrogen and oxygen atoms in total. The first-order valence-electron chi connectivity index (χ1n) is 27.9. The third kappa shape index (κ3) is 9.65. The highest BCUT2D eigenvalue weighted by atomic mass is 35.5. The predicted octanol–water partition coefficient (Wildman–Crippen LogP) is 7.81. The number of halogens is 2. The highest BCUT2D eigenvalue weighted by Gasteiger charge is 2.50. The normalized spacial score (nSPS) is 22.8. The van der Waals surface area contributed by atoms with E-state index in [0.29, 0.717) is 98.7 Å². The maximum absolute atomic E-state index is 16.1. The van der Waals surface area contributed by atoms with Crippen LogP contribution in [0.4, 0.5) is 10.2 Å². The van der Waals surface area contributed by atoms with Gasteiger partial charge in [-0.25, -0.2) is 14.1 Å². The Morgan fingerprint density at radius 1 is 1.05 bits per heavy atom. The van der Waals surface area contributed by atoms with E-state index in [1.54, 1.807) is 24.8 Å². The van der Waals surface area contributed by atoms with Gasteiger partial charge in [0.05, 0.1) is 81.9 Å². The van der Waals surface area contributed by atoms with Crippen LogP contribution in [0.5, 0.6) is 17.5 Å². The summed E-state index contributed by atoms with van der Waals surface area (Å²) in [6.45, 7) is 10.7. The molecule has 4 aromatic heterocycles. The molecule has 2 amide bonds. The number of H-pyrrole nitrogens is 1. The lowest BCUT2D eigenvalue weighted by atomic mass is 9.93. The van der Waals surface area contributed by atoms with Gasteiger partial charge >= 0.3 is 6.01 Å². The van der Waals surface area contributed by atoms with Crippen molar-refractivity contribution in [3.63, 3.8) is 0 Å². The molecule has 4 fully saturated rings. The number of carbonyl (C=O) groups is 2. The molecule has 0 saturated carbocycles. The zero-order valence-corrected chi connectivity index (χ0v) is 47.4. The number of likely N-dealkylation sites (tertiary alicyclic amines) is 1. The third-order valence-corrected chi connectivity index (χ3v) is 18.2. The molecular weight excluding hydrogens is 1090 g/mol. The fourth-order valence-electron chi connectivity index (χ4n) is 12.7. The molecule has 5 aliphatic heterocycles. The molecular formula is C59H62ClFN12O8S. The van der Waals surface area contributed by atoms with Crippen molar-refractivity contribution in [1.82, 2.24) is 55.7 Å². The van der Waals surface area contributed by atoms with Gasteiger partial charge in [0.2, 0.25) is 11.8 Å². The molecule has 23 heteroatoms. The van der Waals surface area contributed by atoms with Crippen LogP contribution in [0.15, 0.2) is 72.5 Å². The molecule has 9 atom stereocenters. The molecule has 0 aliphatic carbocycles. The van der Waals surface area contributed by atoms with Gasteiger partial charge < -0.3 is 49.6 Å². The summed E-state index contributed by atoms with van der Waals surface area (Å²) in [5.41, 5.74) is 8.43. The summed E-state index contributed by atoms with van der Waals surface area (Å²) in [4.78, 5) is 48.1. The average molecular weight is 1150 g/mol. The van der Waals surface area contributed by atoms with E-state index < -0.39 is 41.9 Å². The predicted molar refractivity (Wildman–Crippen MR) is 305 cm³/mol. The summed E-state index contributed by atoms with van der Waals surface area (Å²) >= 11 is 9.18. The van der Waals surface area contributed by atoms with Crippen LogP contribution < -0.4 is 29.7 Å². The second kappa shape index (κ2) is 21.8. The second-order valence-electron chi connectivity index (χ2n) is 22.5. The fourth-order valence-corrected chi connectivity index (χ4v) is 13.8. The number of piperazine rings is 1. The number of carbonyl (C=O) groups excluding carboxylic acids is 2. The van der Waals surface area contributed by atoms with Crippen molar-refractivity contribution >= 4 is 62.4 Å². The Morgan fingerprint density at radius 2 is 1.85 bits per heavy atom. The zero-order valence-electron chi connectivity index (χ0n) is 45.8. The molecule has 9 heterocycles. The van der Waals surface area contributed by atoms with Gasteiger partial charge in [-0.2, -0.15) is 15.1 Å². The summed E-state index contributed by atoms with van der Waals surface area (Å²) in [6, 6.07) is 14.4. The summed E-state index contributed by atoms with van der Waals surface area (Å²) in [6.07, 6.45) is 4.49. The van der Waals surface area contributed by atoms with Gasteiger partial charge in [-0.1, -0.05) is 79.2 Å². The monoisotopic (exact) mass is 1150 g/mol. The Balaban J connectivity index is 0.790. The Morgan fingerprint density at radius 3 is 2.61 bits per heavy atom. The van der Waals surface area contributed by atoms with Crippen molar-refractivity contribution in [2.75, 3.05) is 37.8 Å². The van der Waals surface area contributed by atoms with E-state index in [0.717, 1.165) is 34.7 Å². The number of nitrogens with zero attached hydrogens (tertiary/aromatic N) is 9. The minimum atomic E-state index is -0.993.